The summed E-state index contributed by atoms with van der Waals surface area (Å²) in [6.45, 7) is 0. The first-order chi connectivity index (χ1) is 15.0. The molecule has 2 heterocycles. The molecule has 2 aromatic carbocycles. The average Bonchev–Trinajstić information content (AvgIpc) is 3.10. The lowest BCUT2D eigenvalue weighted by Gasteiger charge is -2.12. The molecular formula is C24H21N3O4. The zero-order valence-corrected chi connectivity index (χ0v) is 17.1. The maximum atomic E-state index is 13.3. The molecular weight excluding hydrogens is 394 g/mol. The number of benzene rings is 2. The Balaban J connectivity index is 1.81. The van der Waals surface area contributed by atoms with E-state index in [0.29, 0.717) is 28.3 Å². The van der Waals surface area contributed by atoms with Crippen LogP contribution >= 0.6 is 0 Å². The standard InChI is InChI=1S/C24H21N3O4/c1-30-16-11-12-19(31-2)17(14-16)26-24(29)20-18-10-6-7-13-27(18)22(21(20)25)23(28)15-8-4-3-5-9-15/h3-14H,25H2,1-2H3,(H,26,29). The number of fused-ring (bicyclic) bond motifs is 1. The van der Waals surface area contributed by atoms with Crippen LogP contribution in [0.1, 0.15) is 26.4 Å². The third kappa shape index (κ3) is 3.57. The molecule has 0 unspecified atom stereocenters. The number of carbonyl (C=O) groups is 2. The van der Waals surface area contributed by atoms with Gasteiger partial charge in [-0.05, 0) is 24.3 Å². The number of nitrogen functional groups attached to an aromatic ring is 1. The van der Waals surface area contributed by atoms with Gasteiger partial charge in [0, 0.05) is 17.8 Å². The number of nitrogens with one attached hydrogen (secondary N) is 1. The van der Waals surface area contributed by atoms with Crippen molar-refractivity contribution in [2.45, 2.75) is 0 Å². The van der Waals surface area contributed by atoms with Gasteiger partial charge in [-0.15, -0.1) is 0 Å². The number of amides is 1. The molecule has 4 rings (SSSR count). The topological polar surface area (TPSA) is 95.1 Å². The van der Waals surface area contributed by atoms with Gasteiger partial charge in [0.2, 0.25) is 5.78 Å². The first kappa shape index (κ1) is 20.0. The van der Waals surface area contributed by atoms with Gasteiger partial charge < -0.3 is 24.9 Å². The molecule has 0 saturated heterocycles. The number of ether oxygens (including phenoxy) is 2. The lowest BCUT2D eigenvalue weighted by Crippen LogP contribution is -2.15. The largest absolute Gasteiger partial charge is 0.497 e. The molecule has 2 aromatic heterocycles. The van der Waals surface area contributed by atoms with E-state index < -0.39 is 5.91 Å². The SMILES string of the molecule is COc1ccc(OC)c(NC(=O)c2c(N)c(C(=O)c3ccccc3)n3ccccc23)c1. The number of rotatable bonds is 6. The molecule has 7 heteroatoms. The maximum Gasteiger partial charge on any atom is 0.260 e. The van der Waals surface area contributed by atoms with E-state index in [1.165, 1.54) is 14.2 Å². The van der Waals surface area contributed by atoms with Crippen LogP contribution in [0.2, 0.25) is 0 Å². The third-order valence-electron chi connectivity index (χ3n) is 5.01. The minimum atomic E-state index is -0.458. The van der Waals surface area contributed by atoms with Crippen molar-refractivity contribution in [3.63, 3.8) is 0 Å². The molecule has 0 atom stereocenters. The number of methoxy groups -OCH3 is 2. The number of ketones is 1. The van der Waals surface area contributed by atoms with Crippen LogP contribution < -0.4 is 20.5 Å². The summed E-state index contributed by atoms with van der Waals surface area (Å²) < 4.78 is 12.2. The van der Waals surface area contributed by atoms with Crippen LogP contribution in [-0.2, 0) is 0 Å². The van der Waals surface area contributed by atoms with Crippen LogP contribution in [0.5, 0.6) is 11.5 Å². The zero-order chi connectivity index (χ0) is 22.0. The lowest BCUT2D eigenvalue weighted by molar-refractivity contribution is 0.102. The Bertz CT molecular complexity index is 1280. The normalized spacial score (nSPS) is 10.6. The Kier molecular flexibility index (Phi) is 5.32. The average molecular weight is 415 g/mol. The van der Waals surface area contributed by atoms with Gasteiger partial charge in [0.05, 0.1) is 36.7 Å². The van der Waals surface area contributed by atoms with Gasteiger partial charge in [-0.1, -0.05) is 36.4 Å². The lowest BCUT2D eigenvalue weighted by atomic mass is 10.1. The second-order valence-corrected chi connectivity index (χ2v) is 6.81. The number of hydrogen-bond acceptors (Lipinski definition) is 5. The van der Waals surface area contributed by atoms with Crippen molar-refractivity contribution < 1.29 is 19.1 Å². The second-order valence-electron chi connectivity index (χ2n) is 6.81. The van der Waals surface area contributed by atoms with Crippen molar-refractivity contribution in [1.82, 2.24) is 4.40 Å². The number of nitrogens with zero attached hydrogens (tertiary/aromatic N) is 1. The summed E-state index contributed by atoms with van der Waals surface area (Å²) in [7, 11) is 3.05. The van der Waals surface area contributed by atoms with Crippen LogP contribution in [0.15, 0.2) is 72.9 Å². The van der Waals surface area contributed by atoms with E-state index in [2.05, 4.69) is 5.32 Å². The molecule has 0 aliphatic rings. The predicted molar refractivity (Wildman–Crippen MR) is 119 cm³/mol. The summed E-state index contributed by atoms with van der Waals surface area (Å²) >= 11 is 0. The fourth-order valence-corrected chi connectivity index (χ4v) is 3.52. The quantitative estimate of drug-likeness (QED) is 0.464. The highest BCUT2D eigenvalue weighted by molar-refractivity contribution is 6.20. The number of carbonyl (C=O) groups excluding carboxylic acids is 2. The molecule has 0 aliphatic carbocycles. The van der Waals surface area contributed by atoms with Gasteiger partial charge in [-0.25, -0.2) is 0 Å². The summed E-state index contributed by atoms with van der Waals surface area (Å²) in [6, 6.07) is 19.2. The van der Waals surface area contributed by atoms with Gasteiger partial charge in [-0.2, -0.15) is 0 Å². The number of pyridine rings is 1. The Labute approximate surface area is 179 Å². The van der Waals surface area contributed by atoms with E-state index in [-0.39, 0.29) is 22.7 Å². The van der Waals surface area contributed by atoms with Crippen LogP contribution in [0.4, 0.5) is 11.4 Å². The van der Waals surface area contributed by atoms with Crippen molar-refractivity contribution in [1.29, 1.82) is 0 Å². The van der Waals surface area contributed by atoms with Gasteiger partial charge >= 0.3 is 0 Å². The molecule has 1 amide bonds. The van der Waals surface area contributed by atoms with Gasteiger partial charge in [0.25, 0.3) is 5.91 Å². The fourth-order valence-electron chi connectivity index (χ4n) is 3.52. The number of aromatic nitrogens is 1. The van der Waals surface area contributed by atoms with Crippen LogP contribution in [0, 0.1) is 0 Å². The first-order valence-corrected chi connectivity index (χ1v) is 9.56. The molecule has 3 N–H and O–H groups in total. The smallest absolute Gasteiger partial charge is 0.260 e. The molecule has 0 fully saturated rings. The predicted octanol–water partition coefficient (Wildman–Crippen LogP) is 4.02. The van der Waals surface area contributed by atoms with E-state index in [4.69, 9.17) is 15.2 Å². The summed E-state index contributed by atoms with van der Waals surface area (Å²) in [5.74, 6) is 0.305. The van der Waals surface area contributed by atoms with Crippen LogP contribution in [0.3, 0.4) is 0 Å². The summed E-state index contributed by atoms with van der Waals surface area (Å²) in [6.07, 6.45) is 1.71. The first-order valence-electron chi connectivity index (χ1n) is 9.56. The van der Waals surface area contributed by atoms with Crippen LogP contribution in [0.25, 0.3) is 5.52 Å². The summed E-state index contributed by atoms with van der Waals surface area (Å²) in [4.78, 5) is 26.5. The van der Waals surface area contributed by atoms with E-state index in [9.17, 15) is 9.59 Å². The monoisotopic (exact) mass is 415 g/mol. The Morgan fingerprint density at radius 1 is 0.935 bits per heavy atom. The van der Waals surface area contributed by atoms with Crippen LogP contribution in [-0.4, -0.2) is 30.3 Å². The van der Waals surface area contributed by atoms with Crippen molar-refractivity contribution in [3.05, 3.63) is 89.7 Å². The third-order valence-corrected chi connectivity index (χ3v) is 5.01. The van der Waals surface area contributed by atoms with Crippen molar-refractivity contribution in [2.75, 3.05) is 25.3 Å². The van der Waals surface area contributed by atoms with E-state index in [0.717, 1.165) is 0 Å². The fraction of sp³-hybridized carbons (Fsp3) is 0.0833. The second kappa shape index (κ2) is 8.23. The van der Waals surface area contributed by atoms with E-state index in [1.807, 2.05) is 6.07 Å². The van der Waals surface area contributed by atoms with Crippen molar-refractivity contribution in [2.24, 2.45) is 0 Å². The minimum Gasteiger partial charge on any atom is -0.497 e. The molecule has 156 valence electrons. The molecule has 7 nitrogen and oxygen atoms in total. The number of anilines is 2. The highest BCUT2D eigenvalue weighted by Crippen LogP contribution is 2.32. The summed E-state index contributed by atoms with van der Waals surface area (Å²) in [5, 5.41) is 2.83. The molecule has 0 aliphatic heterocycles. The Hall–Kier alpha value is -4.26. The van der Waals surface area contributed by atoms with E-state index >= 15 is 0 Å². The van der Waals surface area contributed by atoms with Gasteiger partial charge in [0.1, 0.15) is 17.2 Å². The maximum absolute atomic E-state index is 13.3. The molecule has 4 aromatic rings. The Morgan fingerprint density at radius 3 is 2.39 bits per heavy atom. The van der Waals surface area contributed by atoms with Gasteiger partial charge in [0.15, 0.2) is 0 Å². The number of hydrogen-bond donors (Lipinski definition) is 2. The van der Waals surface area contributed by atoms with Crippen molar-refractivity contribution in [3.8, 4) is 11.5 Å². The molecule has 0 bridgehead atoms. The summed E-state index contributed by atoms with van der Waals surface area (Å²) in [5.41, 5.74) is 8.38. The zero-order valence-electron chi connectivity index (χ0n) is 17.1. The van der Waals surface area contributed by atoms with Crippen molar-refractivity contribution >= 4 is 28.6 Å². The molecule has 31 heavy (non-hydrogen) atoms. The highest BCUT2D eigenvalue weighted by atomic mass is 16.5. The molecule has 0 radical (unpaired) electrons. The Morgan fingerprint density at radius 2 is 1.68 bits per heavy atom. The van der Waals surface area contributed by atoms with Gasteiger partial charge in [-0.3, -0.25) is 9.59 Å². The molecule has 0 saturated carbocycles. The highest BCUT2D eigenvalue weighted by Gasteiger charge is 2.26. The van der Waals surface area contributed by atoms with E-state index in [1.54, 1.807) is 71.3 Å². The number of nitrogens with two attached hydrogens (primary N) is 1. The molecule has 0 spiro atoms. The minimum absolute atomic E-state index is 0.111.